The molecule has 0 aromatic heterocycles. The number of amides is 1. The van der Waals surface area contributed by atoms with Gasteiger partial charge in [-0.05, 0) is 48.3 Å². The van der Waals surface area contributed by atoms with Gasteiger partial charge in [-0.15, -0.1) is 0 Å². The second kappa shape index (κ2) is 10.2. The number of nitrogens with one attached hydrogen (secondary N) is 1. The fraction of sp³-hybridized carbons (Fsp3) is 0.458. The highest BCUT2D eigenvalue weighted by atomic mass is 16.1. The topological polar surface area (TPSA) is 29.1 Å². The molecule has 2 aromatic rings. The zero-order valence-corrected chi connectivity index (χ0v) is 16.7. The van der Waals surface area contributed by atoms with E-state index in [4.69, 9.17) is 0 Å². The maximum atomic E-state index is 12.9. The van der Waals surface area contributed by atoms with Crippen LogP contribution in [0.4, 0.5) is 0 Å². The van der Waals surface area contributed by atoms with Crippen molar-refractivity contribution in [3.05, 3.63) is 71.3 Å². The summed E-state index contributed by atoms with van der Waals surface area (Å²) in [5, 5.41) is 3.27. The highest BCUT2D eigenvalue weighted by molar-refractivity contribution is 5.83. The van der Waals surface area contributed by atoms with Gasteiger partial charge in [-0.25, -0.2) is 0 Å². The molecule has 2 nitrogen and oxygen atoms in total. The maximum absolute atomic E-state index is 12.9. The van der Waals surface area contributed by atoms with Crippen LogP contribution in [0, 0.1) is 5.92 Å². The van der Waals surface area contributed by atoms with Crippen LogP contribution in [0.2, 0.25) is 0 Å². The van der Waals surface area contributed by atoms with E-state index in [0.717, 1.165) is 31.2 Å². The molecule has 0 aliphatic rings. The van der Waals surface area contributed by atoms with Crippen molar-refractivity contribution in [3.63, 3.8) is 0 Å². The normalized spacial score (nSPS) is 13.4. The summed E-state index contributed by atoms with van der Waals surface area (Å²) in [5.74, 6) is 0.717. The van der Waals surface area contributed by atoms with Crippen LogP contribution in [0.25, 0.3) is 0 Å². The molecular formula is C24H33NO. The first-order valence-corrected chi connectivity index (χ1v) is 9.96. The monoisotopic (exact) mass is 351 g/mol. The molecule has 2 heteroatoms. The van der Waals surface area contributed by atoms with Crippen molar-refractivity contribution in [2.75, 3.05) is 0 Å². The first kappa shape index (κ1) is 20.2. The lowest BCUT2D eigenvalue weighted by Gasteiger charge is -2.22. The average molecular weight is 352 g/mol. The standard InChI is InChI=1S/C24H33NO/c1-5-22(17-19-10-8-7-9-11-19)25-24(26)23(6-2)21-14-12-20(13-15-21)16-18(3)4/h7-15,18,22-23H,5-6,16-17H2,1-4H3,(H,25,26)/t22-,23+/m1/s1. The Hall–Kier alpha value is -2.09. The van der Waals surface area contributed by atoms with Crippen molar-refractivity contribution in [1.82, 2.24) is 5.32 Å². The molecule has 0 radical (unpaired) electrons. The third kappa shape index (κ3) is 6.01. The summed E-state index contributed by atoms with van der Waals surface area (Å²) < 4.78 is 0. The summed E-state index contributed by atoms with van der Waals surface area (Å²) in [4.78, 5) is 12.9. The minimum atomic E-state index is -0.0760. The van der Waals surface area contributed by atoms with Crippen molar-refractivity contribution in [2.45, 2.75) is 65.3 Å². The van der Waals surface area contributed by atoms with Gasteiger partial charge in [0.2, 0.25) is 5.91 Å². The first-order chi connectivity index (χ1) is 12.5. The van der Waals surface area contributed by atoms with Gasteiger partial charge in [-0.2, -0.15) is 0 Å². The van der Waals surface area contributed by atoms with E-state index in [1.165, 1.54) is 11.1 Å². The third-order valence-electron chi connectivity index (χ3n) is 4.91. The quantitative estimate of drug-likeness (QED) is 0.633. The Morgan fingerprint density at radius 1 is 0.846 bits per heavy atom. The second-order valence-electron chi connectivity index (χ2n) is 7.60. The lowest BCUT2D eigenvalue weighted by molar-refractivity contribution is -0.123. The highest BCUT2D eigenvalue weighted by Crippen LogP contribution is 2.22. The molecule has 0 bridgehead atoms. The summed E-state index contributed by atoms with van der Waals surface area (Å²) >= 11 is 0. The van der Waals surface area contributed by atoms with Crippen molar-refractivity contribution in [3.8, 4) is 0 Å². The predicted octanol–water partition coefficient (Wildman–Crippen LogP) is 5.52. The SMILES string of the molecule is CC[C@H](Cc1ccccc1)NC(=O)[C@@H](CC)c1ccc(CC(C)C)cc1. The number of carbonyl (C=O) groups is 1. The molecule has 0 aliphatic carbocycles. The zero-order chi connectivity index (χ0) is 18.9. The molecule has 2 aromatic carbocycles. The van der Waals surface area contributed by atoms with Gasteiger partial charge in [-0.3, -0.25) is 4.79 Å². The molecule has 0 spiro atoms. The molecule has 0 heterocycles. The lowest BCUT2D eigenvalue weighted by atomic mass is 9.92. The first-order valence-electron chi connectivity index (χ1n) is 9.96. The van der Waals surface area contributed by atoms with Crippen LogP contribution >= 0.6 is 0 Å². The largest absolute Gasteiger partial charge is 0.353 e. The number of hydrogen-bond acceptors (Lipinski definition) is 1. The summed E-state index contributed by atoms with van der Waals surface area (Å²) in [6.45, 7) is 8.68. The van der Waals surface area contributed by atoms with Crippen molar-refractivity contribution < 1.29 is 4.79 Å². The Kier molecular flexibility index (Phi) is 7.90. The van der Waals surface area contributed by atoms with Crippen LogP contribution in [0.3, 0.4) is 0 Å². The van der Waals surface area contributed by atoms with Gasteiger partial charge in [0, 0.05) is 6.04 Å². The van der Waals surface area contributed by atoms with Crippen LogP contribution in [0.1, 0.15) is 63.1 Å². The average Bonchev–Trinajstić information content (AvgIpc) is 2.63. The molecule has 0 fully saturated rings. The van der Waals surface area contributed by atoms with Crippen molar-refractivity contribution in [2.24, 2.45) is 5.92 Å². The lowest BCUT2D eigenvalue weighted by Crippen LogP contribution is -2.39. The van der Waals surface area contributed by atoms with E-state index in [0.29, 0.717) is 5.92 Å². The smallest absolute Gasteiger partial charge is 0.227 e. The van der Waals surface area contributed by atoms with Crippen LogP contribution < -0.4 is 5.32 Å². The Bertz CT molecular complexity index is 660. The minimum Gasteiger partial charge on any atom is -0.353 e. The van der Waals surface area contributed by atoms with Crippen LogP contribution in [0.15, 0.2) is 54.6 Å². The molecule has 0 saturated heterocycles. The van der Waals surface area contributed by atoms with E-state index in [9.17, 15) is 4.79 Å². The zero-order valence-electron chi connectivity index (χ0n) is 16.7. The van der Waals surface area contributed by atoms with Gasteiger partial charge in [0.1, 0.15) is 0 Å². The molecule has 0 saturated carbocycles. The molecule has 26 heavy (non-hydrogen) atoms. The molecule has 2 atom stereocenters. The summed E-state index contributed by atoms with van der Waals surface area (Å²) in [6, 6.07) is 19.2. The summed E-state index contributed by atoms with van der Waals surface area (Å²) in [7, 11) is 0. The van der Waals surface area contributed by atoms with Gasteiger partial charge < -0.3 is 5.32 Å². The molecule has 1 amide bonds. The van der Waals surface area contributed by atoms with Gasteiger partial charge >= 0.3 is 0 Å². The predicted molar refractivity (Wildman–Crippen MR) is 110 cm³/mol. The van der Waals surface area contributed by atoms with E-state index in [1.807, 2.05) is 6.07 Å². The Balaban J connectivity index is 2.02. The van der Waals surface area contributed by atoms with Gasteiger partial charge in [0.25, 0.3) is 0 Å². The highest BCUT2D eigenvalue weighted by Gasteiger charge is 2.21. The van der Waals surface area contributed by atoms with Gasteiger partial charge in [-0.1, -0.05) is 82.3 Å². The van der Waals surface area contributed by atoms with Crippen molar-refractivity contribution in [1.29, 1.82) is 0 Å². The number of hydrogen-bond donors (Lipinski definition) is 1. The Morgan fingerprint density at radius 2 is 1.46 bits per heavy atom. The fourth-order valence-electron chi connectivity index (χ4n) is 3.43. The number of rotatable bonds is 9. The Morgan fingerprint density at radius 3 is 2.00 bits per heavy atom. The van der Waals surface area contributed by atoms with Gasteiger partial charge in [0.05, 0.1) is 5.92 Å². The van der Waals surface area contributed by atoms with Crippen molar-refractivity contribution >= 4 is 5.91 Å². The summed E-state index contributed by atoms with van der Waals surface area (Å²) in [5.41, 5.74) is 3.73. The van der Waals surface area contributed by atoms with Crippen LogP contribution in [-0.2, 0) is 17.6 Å². The third-order valence-corrected chi connectivity index (χ3v) is 4.91. The van der Waals surface area contributed by atoms with Crippen LogP contribution in [0.5, 0.6) is 0 Å². The second-order valence-corrected chi connectivity index (χ2v) is 7.60. The molecule has 0 aliphatic heterocycles. The van der Waals surface area contributed by atoms with Crippen LogP contribution in [-0.4, -0.2) is 11.9 Å². The number of benzene rings is 2. The van der Waals surface area contributed by atoms with E-state index < -0.39 is 0 Å². The van der Waals surface area contributed by atoms with E-state index >= 15 is 0 Å². The number of carbonyl (C=O) groups excluding carboxylic acids is 1. The van der Waals surface area contributed by atoms with E-state index in [2.05, 4.69) is 81.5 Å². The molecule has 140 valence electrons. The molecule has 1 N–H and O–H groups in total. The van der Waals surface area contributed by atoms with E-state index in [-0.39, 0.29) is 17.9 Å². The Labute approximate surface area is 159 Å². The molecule has 0 unspecified atom stereocenters. The minimum absolute atomic E-state index is 0.0760. The molecule has 2 rings (SSSR count). The summed E-state index contributed by atoms with van der Waals surface area (Å²) in [6.07, 6.45) is 3.71. The molecular weight excluding hydrogens is 318 g/mol. The van der Waals surface area contributed by atoms with E-state index in [1.54, 1.807) is 0 Å². The fourth-order valence-corrected chi connectivity index (χ4v) is 3.43. The maximum Gasteiger partial charge on any atom is 0.227 e. The van der Waals surface area contributed by atoms with Gasteiger partial charge in [0.15, 0.2) is 0 Å².